The number of hydrogen-bond donors (Lipinski definition) is 1. The first kappa shape index (κ1) is 17.5. The summed E-state index contributed by atoms with van der Waals surface area (Å²) in [6, 6.07) is 7.24. The van der Waals surface area contributed by atoms with Crippen LogP contribution in [0.4, 0.5) is 4.39 Å². The molecule has 0 heterocycles. The van der Waals surface area contributed by atoms with E-state index < -0.39 is 0 Å². The van der Waals surface area contributed by atoms with Gasteiger partial charge in [0.2, 0.25) is 0 Å². The van der Waals surface area contributed by atoms with E-state index in [1.165, 1.54) is 6.07 Å². The summed E-state index contributed by atoms with van der Waals surface area (Å²) in [5, 5.41) is 3.59. The van der Waals surface area contributed by atoms with Crippen LogP contribution in [0.2, 0.25) is 0 Å². The van der Waals surface area contributed by atoms with Crippen molar-refractivity contribution in [3.8, 4) is 0 Å². The van der Waals surface area contributed by atoms with Gasteiger partial charge in [0, 0.05) is 30.4 Å². The van der Waals surface area contributed by atoms with Gasteiger partial charge in [0.05, 0.1) is 0 Å². The molecule has 0 aliphatic rings. The monoisotopic (exact) mass is 299 g/mol. The first-order valence-electron chi connectivity index (χ1n) is 7.28. The minimum absolute atomic E-state index is 0.166. The van der Waals surface area contributed by atoms with Crippen LogP contribution >= 0.6 is 11.8 Å². The van der Waals surface area contributed by atoms with Gasteiger partial charge in [-0.2, -0.15) is 0 Å². The van der Waals surface area contributed by atoms with E-state index in [4.69, 9.17) is 4.74 Å². The predicted octanol–water partition coefficient (Wildman–Crippen LogP) is 3.96. The van der Waals surface area contributed by atoms with E-state index in [2.05, 4.69) is 19.2 Å². The smallest absolute Gasteiger partial charge is 0.124 e. The Bertz CT molecular complexity index is 375. The normalized spacial score (nSPS) is 14.2. The van der Waals surface area contributed by atoms with Gasteiger partial charge in [0.25, 0.3) is 0 Å². The molecule has 2 unspecified atom stereocenters. The summed E-state index contributed by atoms with van der Waals surface area (Å²) in [4.78, 5) is 0.993. The van der Waals surface area contributed by atoms with Gasteiger partial charge in [-0.05, 0) is 43.5 Å². The molecule has 0 aliphatic carbocycles. The van der Waals surface area contributed by atoms with Gasteiger partial charge in [-0.25, -0.2) is 4.39 Å². The summed E-state index contributed by atoms with van der Waals surface area (Å²) in [7, 11) is 1.74. The van der Waals surface area contributed by atoms with Gasteiger partial charge in [0.15, 0.2) is 0 Å². The molecule has 1 aromatic carbocycles. The summed E-state index contributed by atoms with van der Waals surface area (Å²) in [6.45, 7) is 6.23. The van der Waals surface area contributed by atoms with Crippen LogP contribution in [0.5, 0.6) is 0 Å². The molecule has 0 radical (unpaired) electrons. The van der Waals surface area contributed by atoms with Crippen LogP contribution < -0.4 is 5.32 Å². The molecule has 0 bridgehead atoms. The Balaban J connectivity index is 2.50. The third kappa shape index (κ3) is 6.73. The van der Waals surface area contributed by atoms with Crippen molar-refractivity contribution in [3.63, 3.8) is 0 Å². The van der Waals surface area contributed by atoms with Gasteiger partial charge in [-0.15, -0.1) is 11.8 Å². The average molecular weight is 299 g/mol. The zero-order valence-electron chi connectivity index (χ0n) is 12.7. The molecule has 114 valence electrons. The van der Waals surface area contributed by atoms with Crippen LogP contribution in [0, 0.1) is 11.7 Å². The molecule has 0 aliphatic heterocycles. The number of rotatable bonds is 10. The summed E-state index contributed by atoms with van der Waals surface area (Å²) < 4.78 is 18.3. The van der Waals surface area contributed by atoms with E-state index in [9.17, 15) is 4.39 Å². The van der Waals surface area contributed by atoms with E-state index in [1.807, 2.05) is 6.07 Å². The van der Waals surface area contributed by atoms with Crippen LogP contribution in [-0.2, 0) is 4.74 Å². The fourth-order valence-electron chi connectivity index (χ4n) is 2.00. The maximum Gasteiger partial charge on any atom is 0.124 e. The van der Waals surface area contributed by atoms with E-state index in [0.29, 0.717) is 12.0 Å². The molecule has 2 atom stereocenters. The number of hydrogen-bond acceptors (Lipinski definition) is 3. The minimum Gasteiger partial charge on any atom is -0.385 e. The molecule has 20 heavy (non-hydrogen) atoms. The number of halogens is 1. The Labute approximate surface area is 126 Å². The Morgan fingerprint density at radius 2 is 2.20 bits per heavy atom. The van der Waals surface area contributed by atoms with E-state index >= 15 is 0 Å². The van der Waals surface area contributed by atoms with Gasteiger partial charge in [-0.1, -0.05) is 19.9 Å². The predicted molar refractivity (Wildman–Crippen MR) is 84.9 cm³/mol. The number of nitrogens with one attached hydrogen (secondary N) is 1. The maximum atomic E-state index is 13.2. The van der Waals surface area contributed by atoms with Gasteiger partial charge in [-0.3, -0.25) is 0 Å². The second kappa shape index (κ2) is 10.2. The Hall–Kier alpha value is -0.580. The number of ether oxygens (including phenoxy) is 1. The number of benzene rings is 1. The summed E-state index contributed by atoms with van der Waals surface area (Å²) in [6.07, 6.45) is 2.17. The Morgan fingerprint density at radius 3 is 2.85 bits per heavy atom. The van der Waals surface area contributed by atoms with Gasteiger partial charge >= 0.3 is 0 Å². The van der Waals surface area contributed by atoms with Crippen molar-refractivity contribution in [1.82, 2.24) is 5.32 Å². The zero-order valence-corrected chi connectivity index (χ0v) is 13.5. The topological polar surface area (TPSA) is 21.3 Å². The van der Waals surface area contributed by atoms with E-state index in [1.54, 1.807) is 31.0 Å². The maximum absolute atomic E-state index is 13.2. The summed E-state index contributed by atoms with van der Waals surface area (Å²) >= 11 is 1.71. The largest absolute Gasteiger partial charge is 0.385 e. The lowest BCUT2D eigenvalue weighted by Gasteiger charge is -2.25. The highest BCUT2D eigenvalue weighted by molar-refractivity contribution is 7.99. The highest BCUT2D eigenvalue weighted by Crippen LogP contribution is 2.22. The SMILES string of the molecule is CCCNC(CSc1cccc(F)c1)C(C)CCOC. The number of methoxy groups -OCH3 is 1. The fraction of sp³-hybridized carbons (Fsp3) is 0.625. The molecular formula is C16H26FNOS. The zero-order chi connectivity index (χ0) is 14.8. The standard InChI is InChI=1S/C16H26FNOS/c1-4-9-18-16(13(2)8-10-19-3)12-20-15-7-5-6-14(17)11-15/h5-7,11,13,16,18H,4,8-10,12H2,1-3H3. The van der Waals surface area contributed by atoms with E-state index in [-0.39, 0.29) is 5.82 Å². The second-order valence-electron chi connectivity index (χ2n) is 5.09. The number of thioether (sulfide) groups is 1. The van der Waals surface area contributed by atoms with Crippen LogP contribution in [0.25, 0.3) is 0 Å². The highest BCUT2D eigenvalue weighted by Gasteiger charge is 2.16. The molecule has 1 aromatic rings. The van der Waals surface area contributed by atoms with Gasteiger partial charge < -0.3 is 10.1 Å². The van der Waals surface area contributed by atoms with Crippen molar-refractivity contribution in [3.05, 3.63) is 30.1 Å². The Morgan fingerprint density at radius 1 is 1.40 bits per heavy atom. The average Bonchev–Trinajstić information content (AvgIpc) is 2.45. The molecule has 0 aromatic heterocycles. The van der Waals surface area contributed by atoms with Crippen molar-refractivity contribution >= 4 is 11.8 Å². The summed E-state index contributed by atoms with van der Waals surface area (Å²) in [5.41, 5.74) is 0. The lowest BCUT2D eigenvalue weighted by molar-refractivity contribution is 0.172. The molecule has 4 heteroatoms. The lowest BCUT2D eigenvalue weighted by Crippen LogP contribution is -2.38. The molecular weight excluding hydrogens is 273 g/mol. The third-order valence-electron chi connectivity index (χ3n) is 3.35. The van der Waals surface area contributed by atoms with Crippen molar-refractivity contribution in [2.75, 3.05) is 26.0 Å². The van der Waals surface area contributed by atoms with Crippen molar-refractivity contribution in [1.29, 1.82) is 0 Å². The summed E-state index contributed by atoms with van der Waals surface area (Å²) in [5.74, 6) is 1.33. The van der Waals surface area contributed by atoms with Gasteiger partial charge in [0.1, 0.15) is 5.82 Å². The minimum atomic E-state index is -0.166. The molecule has 1 N–H and O–H groups in total. The first-order valence-corrected chi connectivity index (χ1v) is 8.26. The van der Waals surface area contributed by atoms with E-state index in [0.717, 1.165) is 36.6 Å². The molecule has 2 nitrogen and oxygen atoms in total. The van der Waals surface area contributed by atoms with Crippen molar-refractivity contribution in [2.45, 2.75) is 37.6 Å². The molecule has 0 amide bonds. The van der Waals surface area contributed by atoms with Crippen LogP contribution in [0.15, 0.2) is 29.2 Å². The van der Waals surface area contributed by atoms with Crippen LogP contribution in [-0.4, -0.2) is 32.1 Å². The second-order valence-corrected chi connectivity index (χ2v) is 6.18. The molecule has 0 fully saturated rings. The Kier molecular flexibility index (Phi) is 8.90. The molecule has 0 saturated heterocycles. The quantitative estimate of drug-likeness (QED) is 0.661. The first-order chi connectivity index (χ1) is 9.67. The van der Waals surface area contributed by atoms with Crippen LogP contribution in [0.3, 0.4) is 0 Å². The molecule has 0 spiro atoms. The van der Waals surface area contributed by atoms with Crippen molar-refractivity contribution in [2.24, 2.45) is 5.92 Å². The van der Waals surface area contributed by atoms with Crippen LogP contribution in [0.1, 0.15) is 26.7 Å². The molecule has 0 saturated carbocycles. The molecule has 1 rings (SSSR count). The van der Waals surface area contributed by atoms with Crippen molar-refractivity contribution < 1.29 is 9.13 Å². The highest BCUT2D eigenvalue weighted by atomic mass is 32.2. The lowest BCUT2D eigenvalue weighted by atomic mass is 10.00. The fourth-order valence-corrected chi connectivity index (χ4v) is 3.19. The third-order valence-corrected chi connectivity index (χ3v) is 4.46.